The Morgan fingerprint density at radius 2 is 1.50 bits per heavy atom. The van der Waals surface area contributed by atoms with Crippen LogP contribution in [0.4, 0.5) is 0 Å². The summed E-state index contributed by atoms with van der Waals surface area (Å²) in [4.78, 5) is 4.90. The molecule has 26 heavy (non-hydrogen) atoms. The lowest BCUT2D eigenvalue weighted by Crippen LogP contribution is -1.99. The zero-order valence-corrected chi connectivity index (χ0v) is 15.4. The first-order chi connectivity index (χ1) is 12.8. The largest absolute Gasteiger partial charge is 0.228 e. The molecule has 0 bridgehead atoms. The van der Waals surface area contributed by atoms with Gasteiger partial charge in [-0.1, -0.05) is 76.6 Å². The van der Waals surface area contributed by atoms with Crippen LogP contribution < -0.4 is 0 Å². The maximum Gasteiger partial charge on any atom is 0.161 e. The van der Waals surface area contributed by atoms with Gasteiger partial charge in [0.2, 0.25) is 0 Å². The zero-order valence-electron chi connectivity index (χ0n) is 13.8. The van der Waals surface area contributed by atoms with Crippen molar-refractivity contribution in [2.24, 2.45) is 0 Å². The number of fused-ring (bicyclic) bond motifs is 3. The van der Waals surface area contributed by atoms with Gasteiger partial charge in [-0.25, -0.2) is 9.50 Å². The van der Waals surface area contributed by atoms with Crippen molar-refractivity contribution in [1.29, 1.82) is 0 Å². The number of halogens is 1. The fourth-order valence-electron chi connectivity index (χ4n) is 3.25. The van der Waals surface area contributed by atoms with E-state index < -0.39 is 0 Å². The molecule has 0 aliphatic rings. The fraction of sp³-hybridized carbons (Fsp3) is 0. The molecule has 2 heterocycles. The highest BCUT2D eigenvalue weighted by Crippen LogP contribution is 2.29. The van der Waals surface area contributed by atoms with E-state index in [1.807, 2.05) is 53.0 Å². The minimum Gasteiger partial charge on any atom is -0.228 e. The van der Waals surface area contributed by atoms with Gasteiger partial charge in [-0.05, 0) is 24.3 Å². The van der Waals surface area contributed by atoms with E-state index in [2.05, 4.69) is 52.3 Å². The highest BCUT2D eigenvalue weighted by atomic mass is 79.9. The average molecular weight is 400 g/mol. The first-order valence-electron chi connectivity index (χ1n) is 8.39. The molecule has 0 unspecified atom stereocenters. The maximum atomic E-state index is 4.90. The minimum atomic E-state index is 0.835. The lowest BCUT2D eigenvalue weighted by molar-refractivity contribution is 0.949. The Hall–Kier alpha value is -2.98. The summed E-state index contributed by atoms with van der Waals surface area (Å²) in [5.74, 6) is 0.835. The van der Waals surface area contributed by atoms with E-state index in [4.69, 9.17) is 10.1 Å². The lowest BCUT2D eigenvalue weighted by atomic mass is 10.1. The molecule has 3 aromatic carbocycles. The molecule has 0 N–H and O–H groups in total. The van der Waals surface area contributed by atoms with E-state index in [1.165, 1.54) is 0 Å². The molecule has 0 radical (unpaired) electrons. The first-order valence-corrected chi connectivity index (χ1v) is 9.19. The number of aromatic nitrogens is 3. The minimum absolute atomic E-state index is 0.835. The zero-order chi connectivity index (χ0) is 17.5. The van der Waals surface area contributed by atoms with Gasteiger partial charge in [0, 0.05) is 21.0 Å². The molecule has 5 rings (SSSR count). The topological polar surface area (TPSA) is 30.2 Å². The van der Waals surface area contributed by atoms with Crippen LogP contribution in [-0.4, -0.2) is 14.6 Å². The summed E-state index contributed by atoms with van der Waals surface area (Å²) in [6.45, 7) is 0. The third kappa shape index (κ3) is 2.50. The number of hydrogen-bond donors (Lipinski definition) is 0. The summed E-state index contributed by atoms with van der Waals surface area (Å²) in [5, 5.41) is 5.98. The van der Waals surface area contributed by atoms with Crippen LogP contribution in [0, 0.1) is 0 Å². The molecule has 0 fully saturated rings. The molecule has 3 nitrogen and oxygen atoms in total. The molecule has 0 spiro atoms. The molecule has 124 valence electrons. The van der Waals surface area contributed by atoms with E-state index in [9.17, 15) is 0 Å². The SMILES string of the molecule is Brc1cccc(-c2nc3ccccc3c3cc(-c4ccccc4)nn23)c1. The average Bonchev–Trinajstić information content (AvgIpc) is 3.14. The number of hydrogen-bond acceptors (Lipinski definition) is 2. The highest BCUT2D eigenvalue weighted by molar-refractivity contribution is 9.10. The van der Waals surface area contributed by atoms with Crippen LogP contribution in [0.1, 0.15) is 0 Å². The van der Waals surface area contributed by atoms with Gasteiger partial charge in [-0.15, -0.1) is 0 Å². The van der Waals surface area contributed by atoms with Gasteiger partial charge < -0.3 is 0 Å². The Morgan fingerprint density at radius 1 is 0.731 bits per heavy atom. The van der Waals surface area contributed by atoms with Crippen molar-refractivity contribution in [1.82, 2.24) is 14.6 Å². The molecule has 5 aromatic rings. The van der Waals surface area contributed by atoms with Crippen molar-refractivity contribution < 1.29 is 0 Å². The molecule has 0 aliphatic carbocycles. The Kier molecular flexibility index (Phi) is 3.57. The third-order valence-corrected chi connectivity index (χ3v) is 4.96. The molecule has 0 saturated heterocycles. The summed E-state index contributed by atoms with van der Waals surface area (Å²) in [5.41, 5.74) is 5.09. The summed E-state index contributed by atoms with van der Waals surface area (Å²) in [7, 11) is 0. The van der Waals surface area contributed by atoms with E-state index >= 15 is 0 Å². The molecular weight excluding hydrogens is 386 g/mol. The van der Waals surface area contributed by atoms with E-state index in [-0.39, 0.29) is 0 Å². The Bertz CT molecular complexity index is 1240. The second-order valence-electron chi connectivity index (χ2n) is 6.16. The second-order valence-corrected chi connectivity index (χ2v) is 7.07. The standard InChI is InChI=1S/C22H14BrN3/c23-17-10-6-9-16(13-17)22-24-19-12-5-4-11-18(19)21-14-20(25-26(21)22)15-7-2-1-3-8-15/h1-14H. The Labute approximate surface area is 159 Å². The van der Waals surface area contributed by atoms with Crippen LogP contribution in [0.15, 0.2) is 89.4 Å². The van der Waals surface area contributed by atoms with Crippen LogP contribution in [0.2, 0.25) is 0 Å². The van der Waals surface area contributed by atoms with Crippen LogP contribution in [0.25, 0.3) is 39.1 Å². The molecule has 0 amide bonds. The number of para-hydroxylation sites is 1. The summed E-state index contributed by atoms with van der Waals surface area (Å²) < 4.78 is 2.97. The predicted molar refractivity (Wildman–Crippen MR) is 109 cm³/mol. The van der Waals surface area contributed by atoms with Crippen molar-refractivity contribution in [3.8, 4) is 22.6 Å². The van der Waals surface area contributed by atoms with Crippen LogP contribution in [0.3, 0.4) is 0 Å². The lowest BCUT2D eigenvalue weighted by Gasteiger charge is -2.08. The van der Waals surface area contributed by atoms with Crippen molar-refractivity contribution in [3.05, 3.63) is 89.4 Å². The molecule has 0 saturated carbocycles. The van der Waals surface area contributed by atoms with Gasteiger partial charge in [0.05, 0.1) is 16.7 Å². The van der Waals surface area contributed by atoms with Gasteiger partial charge >= 0.3 is 0 Å². The Morgan fingerprint density at radius 3 is 2.35 bits per heavy atom. The van der Waals surface area contributed by atoms with Crippen LogP contribution in [-0.2, 0) is 0 Å². The van der Waals surface area contributed by atoms with E-state index in [0.29, 0.717) is 0 Å². The van der Waals surface area contributed by atoms with Crippen LogP contribution >= 0.6 is 15.9 Å². The summed E-state index contributed by atoms with van der Waals surface area (Å²) in [6.07, 6.45) is 0. The summed E-state index contributed by atoms with van der Waals surface area (Å²) in [6, 6.07) is 28.7. The molecule has 0 atom stereocenters. The normalized spacial score (nSPS) is 11.3. The van der Waals surface area contributed by atoms with Gasteiger partial charge in [0.1, 0.15) is 0 Å². The van der Waals surface area contributed by atoms with Crippen molar-refractivity contribution in [2.45, 2.75) is 0 Å². The number of nitrogens with zero attached hydrogens (tertiary/aromatic N) is 3. The van der Waals surface area contributed by atoms with Crippen molar-refractivity contribution in [2.75, 3.05) is 0 Å². The first kappa shape index (κ1) is 15.3. The van der Waals surface area contributed by atoms with Gasteiger partial charge in [-0.3, -0.25) is 0 Å². The van der Waals surface area contributed by atoms with E-state index in [1.54, 1.807) is 0 Å². The number of benzene rings is 3. The van der Waals surface area contributed by atoms with Crippen LogP contribution in [0.5, 0.6) is 0 Å². The number of rotatable bonds is 2. The van der Waals surface area contributed by atoms with E-state index in [0.717, 1.165) is 43.5 Å². The van der Waals surface area contributed by atoms with Gasteiger partial charge in [-0.2, -0.15) is 5.10 Å². The predicted octanol–water partition coefficient (Wildman–Crippen LogP) is 5.98. The molecule has 4 heteroatoms. The quantitative estimate of drug-likeness (QED) is 0.365. The Balaban J connectivity index is 1.87. The summed E-state index contributed by atoms with van der Waals surface area (Å²) >= 11 is 3.56. The van der Waals surface area contributed by atoms with Gasteiger partial charge in [0.25, 0.3) is 0 Å². The monoisotopic (exact) mass is 399 g/mol. The smallest absolute Gasteiger partial charge is 0.161 e. The molecule has 0 aliphatic heterocycles. The maximum absolute atomic E-state index is 4.90. The van der Waals surface area contributed by atoms with Crippen molar-refractivity contribution >= 4 is 32.3 Å². The molecule has 2 aromatic heterocycles. The van der Waals surface area contributed by atoms with Crippen molar-refractivity contribution in [3.63, 3.8) is 0 Å². The third-order valence-electron chi connectivity index (χ3n) is 4.47. The highest BCUT2D eigenvalue weighted by Gasteiger charge is 2.14. The second kappa shape index (κ2) is 6.07. The molecular formula is C22H14BrN3. The van der Waals surface area contributed by atoms with Gasteiger partial charge in [0.15, 0.2) is 5.82 Å². The fourth-order valence-corrected chi connectivity index (χ4v) is 3.65.